The van der Waals surface area contributed by atoms with Crippen LogP contribution >= 0.6 is 0 Å². The van der Waals surface area contributed by atoms with Crippen molar-refractivity contribution in [2.75, 3.05) is 7.11 Å². The van der Waals surface area contributed by atoms with Gasteiger partial charge in [0.05, 0.1) is 7.11 Å². The molecular formula is C30H38O. The van der Waals surface area contributed by atoms with Crippen LogP contribution in [0.4, 0.5) is 0 Å². The summed E-state index contributed by atoms with van der Waals surface area (Å²) in [6.45, 7) is 4.54. The van der Waals surface area contributed by atoms with E-state index < -0.39 is 0 Å². The predicted molar refractivity (Wildman–Crippen MR) is 135 cm³/mol. The van der Waals surface area contributed by atoms with Crippen LogP contribution in [0, 0.1) is 6.92 Å². The molecule has 0 saturated carbocycles. The number of rotatable bonds is 12. The Balaban J connectivity index is 1.53. The first-order valence-corrected chi connectivity index (χ1v) is 12.1. The van der Waals surface area contributed by atoms with Crippen molar-refractivity contribution in [2.24, 2.45) is 0 Å². The molecule has 0 fully saturated rings. The van der Waals surface area contributed by atoms with E-state index in [2.05, 4.69) is 68.4 Å². The average molecular weight is 415 g/mol. The van der Waals surface area contributed by atoms with Crippen LogP contribution in [-0.2, 0) is 6.42 Å². The molecule has 0 aliphatic rings. The monoisotopic (exact) mass is 414 g/mol. The molecule has 0 N–H and O–H groups in total. The highest BCUT2D eigenvalue weighted by Gasteiger charge is 2.04. The third-order valence-electron chi connectivity index (χ3n) is 6.28. The summed E-state index contributed by atoms with van der Waals surface area (Å²) in [4.78, 5) is 0. The van der Waals surface area contributed by atoms with Crippen LogP contribution in [0.3, 0.4) is 0 Å². The molecule has 0 aliphatic heterocycles. The van der Waals surface area contributed by atoms with Crippen molar-refractivity contribution < 1.29 is 4.74 Å². The molecule has 31 heavy (non-hydrogen) atoms. The molecule has 0 aliphatic carbocycles. The second kappa shape index (κ2) is 12.3. The topological polar surface area (TPSA) is 9.23 Å². The van der Waals surface area contributed by atoms with E-state index in [1.54, 1.807) is 7.11 Å². The summed E-state index contributed by atoms with van der Waals surface area (Å²) in [5.41, 5.74) is 7.94. The highest BCUT2D eigenvalue weighted by atomic mass is 16.5. The minimum absolute atomic E-state index is 0.892. The van der Waals surface area contributed by atoms with Crippen molar-refractivity contribution in [3.8, 4) is 28.0 Å². The fraction of sp³-hybridized carbons (Fsp3) is 0.400. The maximum atomic E-state index is 5.26. The van der Waals surface area contributed by atoms with Crippen molar-refractivity contribution in [1.29, 1.82) is 0 Å². The Morgan fingerprint density at radius 3 is 1.61 bits per heavy atom. The number of aryl methyl sites for hydroxylation is 2. The van der Waals surface area contributed by atoms with Crippen molar-refractivity contribution in [1.82, 2.24) is 0 Å². The lowest BCUT2D eigenvalue weighted by molar-refractivity contribution is 0.415. The van der Waals surface area contributed by atoms with E-state index in [-0.39, 0.29) is 0 Å². The van der Waals surface area contributed by atoms with Crippen LogP contribution in [0.15, 0.2) is 66.7 Å². The van der Waals surface area contributed by atoms with Crippen molar-refractivity contribution in [3.63, 3.8) is 0 Å². The zero-order valence-corrected chi connectivity index (χ0v) is 19.6. The van der Waals surface area contributed by atoms with E-state index >= 15 is 0 Å². The van der Waals surface area contributed by atoms with Gasteiger partial charge in [-0.25, -0.2) is 0 Å². The molecule has 0 aromatic heterocycles. The molecular weight excluding hydrogens is 376 g/mol. The molecule has 3 aromatic carbocycles. The third kappa shape index (κ3) is 6.99. The SMILES string of the molecule is CCCCCCCCCCc1ccc(-c2ccc(-c3ccc(OC)cc3)cc2)cc1C. The maximum absolute atomic E-state index is 5.26. The van der Waals surface area contributed by atoms with E-state index in [0.717, 1.165) is 5.75 Å². The molecule has 0 bridgehead atoms. The second-order valence-electron chi connectivity index (χ2n) is 8.67. The molecule has 3 rings (SSSR count). The van der Waals surface area contributed by atoms with E-state index in [9.17, 15) is 0 Å². The molecule has 0 amide bonds. The largest absolute Gasteiger partial charge is 0.497 e. The molecule has 0 unspecified atom stereocenters. The molecule has 0 spiro atoms. The highest BCUT2D eigenvalue weighted by Crippen LogP contribution is 2.28. The Hall–Kier alpha value is -2.54. The van der Waals surface area contributed by atoms with E-state index in [0.29, 0.717) is 0 Å². The fourth-order valence-electron chi connectivity index (χ4n) is 4.24. The fourth-order valence-corrected chi connectivity index (χ4v) is 4.24. The van der Waals surface area contributed by atoms with E-state index in [4.69, 9.17) is 4.74 Å². The first-order chi connectivity index (χ1) is 15.2. The number of hydrogen-bond donors (Lipinski definition) is 0. The summed E-state index contributed by atoms with van der Waals surface area (Å²) in [7, 11) is 1.70. The maximum Gasteiger partial charge on any atom is 0.118 e. The summed E-state index contributed by atoms with van der Waals surface area (Å²) >= 11 is 0. The van der Waals surface area contributed by atoms with Gasteiger partial charge >= 0.3 is 0 Å². The van der Waals surface area contributed by atoms with Gasteiger partial charge in [-0.05, 0) is 65.3 Å². The Morgan fingerprint density at radius 2 is 1.06 bits per heavy atom. The molecule has 0 heterocycles. The van der Waals surface area contributed by atoms with Gasteiger partial charge in [0, 0.05) is 0 Å². The first kappa shape index (κ1) is 23.1. The third-order valence-corrected chi connectivity index (χ3v) is 6.28. The molecule has 0 saturated heterocycles. The summed E-state index contributed by atoms with van der Waals surface area (Å²) in [5, 5.41) is 0. The zero-order chi connectivity index (χ0) is 21.9. The van der Waals surface area contributed by atoms with Crippen LogP contribution in [0.2, 0.25) is 0 Å². The number of methoxy groups -OCH3 is 1. The quantitative estimate of drug-likeness (QED) is 0.269. The second-order valence-corrected chi connectivity index (χ2v) is 8.67. The minimum Gasteiger partial charge on any atom is -0.497 e. The van der Waals surface area contributed by atoms with Crippen LogP contribution in [-0.4, -0.2) is 7.11 Å². The first-order valence-electron chi connectivity index (χ1n) is 12.1. The predicted octanol–water partition coefficient (Wildman–Crippen LogP) is 9.02. The normalized spacial score (nSPS) is 10.9. The lowest BCUT2D eigenvalue weighted by Gasteiger charge is -2.10. The zero-order valence-electron chi connectivity index (χ0n) is 19.6. The Kier molecular flexibility index (Phi) is 9.21. The molecule has 1 nitrogen and oxygen atoms in total. The van der Waals surface area contributed by atoms with Gasteiger partial charge in [0.2, 0.25) is 0 Å². The molecule has 0 atom stereocenters. The number of ether oxygens (including phenoxy) is 1. The Bertz CT molecular complexity index is 906. The van der Waals surface area contributed by atoms with E-state index in [1.165, 1.54) is 91.2 Å². The number of hydrogen-bond acceptors (Lipinski definition) is 1. The molecule has 164 valence electrons. The van der Waals surface area contributed by atoms with Crippen LogP contribution in [0.25, 0.3) is 22.3 Å². The lowest BCUT2D eigenvalue weighted by Crippen LogP contribution is -1.92. The van der Waals surface area contributed by atoms with Crippen molar-refractivity contribution >= 4 is 0 Å². The van der Waals surface area contributed by atoms with Crippen molar-refractivity contribution in [3.05, 3.63) is 77.9 Å². The van der Waals surface area contributed by atoms with Crippen molar-refractivity contribution in [2.45, 2.75) is 71.6 Å². The van der Waals surface area contributed by atoms with Gasteiger partial charge in [0.15, 0.2) is 0 Å². The Morgan fingerprint density at radius 1 is 0.581 bits per heavy atom. The number of unbranched alkanes of at least 4 members (excludes halogenated alkanes) is 7. The summed E-state index contributed by atoms with van der Waals surface area (Å²) in [6, 6.07) is 24.1. The van der Waals surface area contributed by atoms with Gasteiger partial charge in [0.25, 0.3) is 0 Å². The highest BCUT2D eigenvalue weighted by molar-refractivity contribution is 5.71. The standard InChI is InChI=1S/C30H38O/c1-4-5-6-7-8-9-10-11-12-25-13-18-29(23-24(25)2)28-16-14-26(15-17-28)27-19-21-30(31-3)22-20-27/h13-23H,4-12H2,1-3H3. The lowest BCUT2D eigenvalue weighted by atomic mass is 9.95. The number of benzene rings is 3. The Labute approximate surface area is 189 Å². The summed E-state index contributed by atoms with van der Waals surface area (Å²) in [5.74, 6) is 0.892. The molecule has 3 aromatic rings. The molecule has 1 heteroatoms. The summed E-state index contributed by atoms with van der Waals surface area (Å²) in [6.07, 6.45) is 12.2. The van der Waals surface area contributed by atoms with Crippen LogP contribution < -0.4 is 4.74 Å². The van der Waals surface area contributed by atoms with Gasteiger partial charge in [-0.3, -0.25) is 0 Å². The average Bonchev–Trinajstić information content (AvgIpc) is 2.82. The minimum atomic E-state index is 0.892. The van der Waals surface area contributed by atoms with Gasteiger partial charge in [-0.2, -0.15) is 0 Å². The van der Waals surface area contributed by atoms with Crippen LogP contribution in [0.5, 0.6) is 5.75 Å². The van der Waals surface area contributed by atoms with Crippen LogP contribution in [0.1, 0.15) is 69.4 Å². The van der Waals surface area contributed by atoms with E-state index in [1.807, 2.05) is 12.1 Å². The summed E-state index contributed by atoms with van der Waals surface area (Å²) < 4.78 is 5.26. The smallest absolute Gasteiger partial charge is 0.118 e. The van der Waals surface area contributed by atoms with Gasteiger partial charge in [-0.1, -0.05) is 106 Å². The van der Waals surface area contributed by atoms with Gasteiger partial charge in [0.1, 0.15) is 5.75 Å². The molecule has 0 radical (unpaired) electrons. The van der Waals surface area contributed by atoms with Gasteiger partial charge in [-0.15, -0.1) is 0 Å². The van der Waals surface area contributed by atoms with Gasteiger partial charge < -0.3 is 4.74 Å².